The van der Waals surface area contributed by atoms with E-state index in [2.05, 4.69) is 9.72 Å². The van der Waals surface area contributed by atoms with E-state index in [9.17, 15) is 9.59 Å². The van der Waals surface area contributed by atoms with Crippen molar-refractivity contribution in [2.45, 2.75) is 0 Å². The molecule has 0 saturated carbocycles. The fourth-order valence-corrected chi connectivity index (χ4v) is 2.02. The first-order chi connectivity index (χ1) is 6.72. The maximum atomic E-state index is 11.3. The lowest BCUT2D eigenvalue weighted by molar-refractivity contribution is 0.0603. The predicted octanol–water partition coefficient (Wildman–Crippen LogP) is 1.38. The smallest absolute Gasteiger partial charge is 0.340 e. The average molecular weight is 209 g/mol. The van der Waals surface area contributed by atoms with Crippen LogP contribution in [0.4, 0.5) is 0 Å². The molecule has 0 aliphatic rings. The minimum absolute atomic E-state index is 0.170. The van der Waals surface area contributed by atoms with Gasteiger partial charge in [-0.25, -0.2) is 4.79 Å². The van der Waals surface area contributed by atoms with Gasteiger partial charge in [-0.3, -0.25) is 4.79 Å². The van der Waals surface area contributed by atoms with Crippen molar-refractivity contribution in [2.24, 2.45) is 0 Å². The third-order valence-corrected chi connectivity index (χ3v) is 2.71. The number of H-pyrrole nitrogens is 1. The van der Waals surface area contributed by atoms with Crippen molar-refractivity contribution in [1.82, 2.24) is 4.98 Å². The second-order valence-corrected chi connectivity index (χ2v) is 3.70. The maximum Gasteiger partial charge on any atom is 0.340 e. The summed E-state index contributed by atoms with van der Waals surface area (Å²) in [5.74, 6) is -0.440. The van der Waals surface area contributed by atoms with Crippen molar-refractivity contribution in [2.75, 3.05) is 7.11 Å². The van der Waals surface area contributed by atoms with Gasteiger partial charge in [-0.05, 0) is 12.1 Å². The van der Waals surface area contributed by atoms with Gasteiger partial charge in [0.25, 0.3) is 0 Å². The molecule has 0 aliphatic heterocycles. The largest absolute Gasteiger partial charge is 0.465 e. The Kier molecular flexibility index (Phi) is 2.09. The van der Waals surface area contributed by atoms with Crippen molar-refractivity contribution >= 4 is 27.5 Å². The van der Waals surface area contributed by atoms with Crippen LogP contribution in [0.5, 0.6) is 0 Å². The van der Waals surface area contributed by atoms with Gasteiger partial charge in [-0.15, -0.1) is 0 Å². The zero-order valence-corrected chi connectivity index (χ0v) is 8.18. The Bertz CT molecular complexity index is 540. The summed E-state index contributed by atoms with van der Waals surface area (Å²) >= 11 is 1.08. The monoisotopic (exact) mass is 209 g/mol. The Morgan fingerprint density at radius 2 is 2.29 bits per heavy atom. The summed E-state index contributed by atoms with van der Waals surface area (Å²) in [5.41, 5.74) is 0.942. The number of hydrogen-bond donors (Lipinski definition) is 1. The molecular formula is C9H7NO3S. The summed E-state index contributed by atoms with van der Waals surface area (Å²) < 4.78 is 5.36. The van der Waals surface area contributed by atoms with E-state index in [4.69, 9.17) is 0 Å². The third-order valence-electron chi connectivity index (χ3n) is 1.86. The van der Waals surface area contributed by atoms with E-state index in [1.54, 1.807) is 18.2 Å². The number of ether oxygens (including phenoxy) is 1. The van der Waals surface area contributed by atoms with Crippen molar-refractivity contribution in [3.05, 3.63) is 33.4 Å². The summed E-state index contributed by atoms with van der Waals surface area (Å²) in [6.45, 7) is 0. The fourth-order valence-electron chi connectivity index (χ4n) is 1.25. The molecular weight excluding hydrogens is 202 g/mol. The molecule has 72 valence electrons. The van der Waals surface area contributed by atoms with E-state index in [0.29, 0.717) is 11.1 Å². The highest BCUT2D eigenvalue weighted by atomic mass is 32.1. The van der Waals surface area contributed by atoms with E-state index >= 15 is 0 Å². The molecule has 0 saturated heterocycles. The number of rotatable bonds is 1. The van der Waals surface area contributed by atoms with Gasteiger partial charge in [-0.2, -0.15) is 0 Å². The van der Waals surface area contributed by atoms with Gasteiger partial charge >= 0.3 is 10.8 Å². The fraction of sp³-hybridized carbons (Fsp3) is 0.111. The van der Waals surface area contributed by atoms with Gasteiger partial charge in [0.1, 0.15) is 0 Å². The molecule has 0 unspecified atom stereocenters. The van der Waals surface area contributed by atoms with Gasteiger partial charge in [0, 0.05) is 0 Å². The van der Waals surface area contributed by atoms with Crippen LogP contribution >= 0.6 is 11.3 Å². The van der Waals surface area contributed by atoms with Crippen LogP contribution in [0.3, 0.4) is 0 Å². The third kappa shape index (κ3) is 1.31. The van der Waals surface area contributed by atoms with Crippen molar-refractivity contribution in [3.8, 4) is 0 Å². The topological polar surface area (TPSA) is 59.2 Å². The summed E-state index contributed by atoms with van der Waals surface area (Å²) in [5, 5.41) is 0. The number of nitrogens with one attached hydrogen (secondary N) is 1. The molecule has 4 nitrogen and oxygen atoms in total. The van der Waals surface area contributed by atoms with E-state index in [1.807, 2.05) is 0 Å². The zero-order chi connectivity index (χ0) is 10.1. The highest BCUT2D eigenvalue weighted by Gasteiger charge is 2.11. The summed E-state index contributed by atoms with van der Waals surface area (Å²) in [4.78, 5) is 24.8. The number of thiazole rings is 1. The molecule has 0 amide bonds. The number of aromatic nitrogens is 1. The summed E-state index contributed by atoms with van der Waals surface area (Å²) in [7, 11) is 1.31. The average Bonchev–Trinajstić information content (AvgIpc) is 2.56. The molecule has 0 spiro atoms. The molecule has 1 aromatic carbocycles. The summed E-state index contributed by atoms with van der Waals surface area (Å²) in [6.07, 6.45) is 0. The SMILES string of the molecule is COC(=O)c1cccc2sc(=O)[nH]c12. The minimum Gasteiger partial charge on any atom is -0.465 e. The van der Waals surface area contributed by atoms with E-state index < -0.39 is 5.97 Å². The van der Waals surface area contributed by atoms with E-state index in [0.717, 1.165) is 16.0 Å². The second kappa shape index (κ2) is 3.26. The molecule has 0 aliphatic carbocycles. The number of hydrogen-bond acceptors (Lipinski definition) is 4. The number of carbonyl (C=O) groups is 1. The van der Waals surface area contributed by atoms with E-state index in [-0.39, 0.29) is 4.87 Å². The van der Waals surface area contributed by atoms with Gasteiger partial charge in [0.2, 0.25) is 0 Å². The molecule has 2 aromatic rings. The van der Waals surface area contributed by atoms with Crippen molar-refractivity contribution < 1.29 is 9.53 Å². The Balaban J connectivity index is 2.76. The number of carbonyl (C=O) groups excluding carboxylic acids is 1. The number of benzene rings is 1. The minimum atomic E-state index is -0.440. The van der Waals surface area contributed by atoms with Crippen molar-refractivity contribution in [3.63, 3.8) is 0 Å². The maximum absolute atomic E-state index is 11.3. The second-order valence-electron chi connectivity index (χ2n) is 2.68. The van der Waals surface area contributed by atoms with Crippen LogP contribution in [0.15, 0.2) is 23.0 Å². The predicted molar refractivity (Wildman–Crippen MR) is 53.8 cm³/mol. The first-order valence-corrected chi connectivity index (χ1v) is 4.74. The van der Waals surface area contributed by atoms with Gasteiger partial charge in [-0.1, -0.05) is 17.4 Å². The van der Waals surface area contributed by atoms with Crippen LogP contribution in [0.25, 0.3) is 10.2 Å². The molecule has 0 radical (unpaired) electrons. The molecule has 0 atom stereocenters. The number of methoxy groups -OCH3 is 1. The molecule has 5 heteroatoms. The normalized spacial score (nSPS) is 10.4. The molecule has 0 bridgehead atoms. The molecule has 1 aromatic heterocycles. The number of para-hydroxylation sites is 1. The van der Waals surface area contributed by atoms with Crippen LogP contribution in [0, 0.1) is 0 Å². The Morgan fingerprint density at radius 1 is 1.50 bits per heavy atom. The van der Waals surface area contributed by atoms with Crippen molar-refractivity contribution in [1.29, 1.82) is 0 Å². The number of fused-ring (bicyclic) bond motifs is 1. The number of aromatic amines is 1. The Hall–Kier alpha value is -1.62. The highest BCUT2D eigenvalue weighted by Crippen LogP contribution is 2.18. The lowest BCUT2D eigenvalue weighted by Crippen LogP contribution is -2.02. The van der Waals surface area contributed by atoms with Crippen LogP contribution in [0.1, 0.15) is 10.4 Å². The molecule has 1 heterocycles. The molecule has 14 heavy (non-hydrogen) atoms. The van der Waals surface area contributed by atoms with Crippen LogP contribution in [-0.4, -0.2) is 18.1 Å². The standard InChI is InChI=1S/C9H7NO3S/c1-13-8(11)5-3-2-4-6-7(5)10-9(12)14-6/h2-4H,1H3,(H,10,12). The Morgan fingerprint density at radius 3 is 3.00 bits per heavy atom. The van der Waals surface area contributed by atoms with Gasteiger partial charge < -0.3 is 9.72 Å². The van der Waals surface area contributed by atoms with Crippen LogP contribution < -0.4 is 4.87 Å². The van der Waals surface area contributed by atoms with Gasteiger partial charge in [0.05, 0.1) is 22.9 Å². The lowest BCUT2D eigenvalue weighted by atomic mass is 10.2. The first kappa shape index (κ1) is 8.96. The highest BCUT2D eigenvalue weighted by molar-refractivity contribution is 7.16. The zero-order valence-electron chi connectivity index (χ0n) is 7.37. The van der Waals surface area contributed by atoms with Crippen LogP contribution in [-0.2, 0) is 4.74 Å². The molecule has 2 rings (SSSR count). The molecule has 1 N–H and O–H groups in total. The van der Waals surface area contributed by atoms with E-state index in [1.165, 1.54) is 7.11 Å². The first-order valence-electron chi connectivity index (χ1n) is 3.92. The van der Waals surface area contributed by atoms with Crippen LogP contribution in [0.2, 0.25) is 0 Å². The quantitative estimate of drug-likeness (QED) is 0.722. The Labute approximate surface area is 83.1 Å². The van der Waals surface area contributed by atoms with Gasteiger partial charge in [0.15, 0.2) is 0 Å². The lowest BCUT2D eigenvalue weighted by Gasteiger charge is -1.98. The molecule has 0 fully saturated rings. The summed E-state index contributed by atoms with van der Waals surface area (Å²) in [6, 6.07) is 5.12. The number of esters is 1.